The Bertz CT molecular complexity index is 333. The second kappa shape index (κ2) is 6.55. The first-order valence-electron chi connectivity index (χ1n) is 5.35. The lowest BCUT2D eigenvalue weighted by Crippen LogP contribution is -2.01. The third-order valence-corrected chi connectivity index (χ3v) is 2.80. The average Bonchev–Trinajstić information content (AvgIpc) is 3.16. The van der Waals surface area contributed by atoms with Crippen molar-refractivity contribution in [3.63, 3.8) is 0 Å². The Morgan fingerprint density at radius 3 is 2.38 bits per heavy atom. The first-order valence-corrected chi connectivity index (χ1v) is 6.29. The number of benzene rings is 1. The van der Waals surface area contributed by atoms with E-state index in [0.717, 1.165) is 12.4 Å². The minimum atomic E-state index is -0.280. The quantitative estimate of drug-likeness (QED) is 0.461. The van der Waals surface area contributed by atoms with Crippen molar-refractivity contribution in [2.24, 2.45) is 0 Å². The van der Waals surface area contributed by atoms with E-state index in [9.17, 15) is 4.79 Å². The Balaban J connectivity index is 0.000000606. The van der Waals surface area contributed by atoms with Gasteiger partial charge in [0, 0.05) is 6.54 Å². The lowest BCUT2D eigenvalue weighted by atomic mass is 10.1. The van der Waals surface area contributed by atoms with Gasteiger partial charge in [0.05, 0.1) is 18.6 Å². The van der Waals surface area contributed by atoms with Crippen LogP contribution in [0, 0.1) is 0 Å². The number of carbonyl (C=O) groups excluding carboxylic acids is 1. The zero-order chi connectivity index (χ0) is 12.0. The summed E-state index contributed by atoms with van der Waals surface area (Å²) < 4.78 is 6.86. The minimum absolute atomic E-state index is 0.280. The molecule has 1 unspecified atom stereocenters. The number of ether oxygens (including phenoxy) is 1. The van der Waals surface area contributed by atoms with Crippen LogP contribution >= 0.6 is 11.9 Å². The molecule has 1 aromatic rings. The fourth-order valence-corrected chi connectivity index (χ4v) is 1.61. The standard InChI is InChI=1S/C10H11NO2S.C2H6/c1-13-10(12)9-4-2-8(3-5-9)6-11-7-14-11;1-2/h2-5H,6-7H2,1H3;1-2H3. The first kappa shape index (κ1) is 13.1. The Morgan fingerprint density at radius 1 is 1.38 bits per heavy atom. The fourth-order valence-electron chi connectivity index (χ4n) is 1.20. The highest BCUT2D eigenvalue weighted by Gasteiger charge is 2.18. The van der Waals surface area contributed by atoms with Crippen molar-refractivity contribution < 1.29 is 9.53 Å². The number of carbonyl (C=O) groups is 1. The highest BCUT2D eigenvalue weighted by molar-refractivity contribution is 8.02. The predicted octanol–water partition coefficient (Wildman–Crippen LogP) is 2.92. The molecule has 0 aromatic heterocycles. The summed E-state index contributed by atoms with van der Waals surface area (Å²) in [5, 5.41) is 0. The summed E-state index contributed by atoms with van der Waals surface area (Å²) in [6, 6.07) is 7.53. The predicted molar refractivity (Wildman–Crippen MR) is 67.1 cm³/mol. The van der Waals surface area contributed by atoms with E-state index in [1.807, 2.05) is 37.9 Å². The van der Waals surface area contributed by atoms with Gasteiger partial charge in [0.15, 0.2) is 0 Å². The Hall–Kier alpha value is -1.00. The lowest BCUT2D eigenvalue weighted by molar-refractivity contribution is 0.0600. The number of hydrogen-bond acceptors (Lipinski definition) is 4. The molecule has 1 fully saturated rings. The monoisotopic (exact) mass is 239 g/mol. The third kappa shape index (κ3) is 3.87. The van der Waals surface area contributed by atoms with Gasteiger partial charge in [-0.05, 0) is 17.7 Å². The molecule has 1 aromatic carbocycles. The van der Waals surface area contributed by atoms with Crippen LogP contribution in [0.2, 0.25) is 0 Å². The van der Waals surface area contributed by atoms with E-state index >= 15 is 0 Å². The Morgan fingerprint density at radius 2 is 1.94 bits per heavy atom. The second-order valence-corrected chi connectivity index (χ2v) is 4.12. The molecule has 0 radical (unpaired) electrons. The normalized spacial score (nSPS) is 17.1. The third-order valence-electron chi connectivity index (χ3n) is 2.05. The van der Waals surface area contributed by atoms with Gasteiger partial charge < -0.3 is 4.74 Å². The van der Waals surface area contributed by atoms with Crippen LogP contribution in [0.15, 0.2) is 24.3 Å². The van der Waals surface area contributed by atoms with Crippen LogP contribution in [-0.2, 0) is 11.3 Å². The Labute approximate surface area is 101 Å². The van der Waals surface area contributed by atoms with E-state index in [2.05, 4.69) is 9.04 Å². The summed E-state index contributed by atoms with van der Waals surface area (Å²) in [7, 11) is 1.39. The highest BCUT2D eigenvalue weighted by Crippen LogP contribution is 2.29. The molecule has 16 heavy (non-hydrogen) atoms. The summed E-state index contributed by atoms with van der Waals surface area (Å²) in [5.41, 5.74) is 1.83. The molecule has 0 aliphatic carbocycles. The molecular weight excluding hydrogens is 222 g/mol. The van der Waals surface area contributed by atoms with Gasteiger partial charge in [0.25, 0.3) is 0 Å². The zero-order valence-electron chi connectivity index (χ0n) is 9.90. The van der Waals surface area contributed by atoms with Crippen molar-refractivity contribution in [3.8, 4) is 0 Å². The molecule has 1 aliphatic heterocycles. The van der Waals surface area contributed by atoms with Crippen LogP contribution in [-0.4, -0.2) is 23.3 Å². The van der Waals surface area contributed by atoms with Crippen LogP contribution < -0.4 is 0 Å². The summed E-state index contributed by atoms with van der Waals surface area (Å²) in [4.78, 5) is 11.1. The van der Waals surface area contributed by atoms with Gasteiger partial charge in [0.1, 0.15) is 0 Å². The molecular formula is C12H17NO2S. The fraction of sp³-hybridized carbons (Fsp3) is 0.417. The number of nitrogens with zero attached hydrogens (tertiary/aromatic N) is 1. The van der Waals surface area contributed by atoms with Crippen LogP contribution in [0.3, 0.4) is 0 Å². The van der Waals surface area contributed by atoms with Gasteiger partial charge in [-0.2, -0.15) is 0 Å². The van der Waals surface area contributed by atoms with Gasteiger partial charge in [-0.25, -0.2) is 9.10 Å². The SMILES string of the molecule is CC.COC(=O)c1ccc(CN2CS2)cc1. The van der Waals surface area contributed by atoms with Crippen LogP contribution in [0.4, 0.5) is 0 Å². The van der Waals surface area contributed by atoms with Crippen molar-refractivity contribution in [2.75, 3.05) is 13.0 Å². The lowest BCUT2D eigenvalue weighted by Gasteiger charge is -2.02. The number of hydrogen-bond donors (Lipinski definition) is 0. The van der Waals surface area contributed by atoms with Crippen molar-refractivity contribution in [2.45, 2.75) is 20.4 Å². The van der Waals surface area contributed by atoms with Crippen LogP contribution in [0.5, 0.6) is 0 Å². The first-order chi connectivity index (χ1) is 7.79. The average molecular weight is 239 g/mol. The number of methoxy groups -OCH3 is 1. The maximum absolute atomic E-state index is 11.1. The van der Waals surface area contributed by atoms with Gasteiger partial charge in [-0.3, -0.25) is 0 Å². The largest absolute Gasteiger partial charge is 0.465 e. The molecule has 0 saturated carbocycles. The molecule has 0 bridgehead atoms. The Kier molecular flexibility index (Phi) is 5.35. The van der Waals surface area contributed by atoms with E-state index in [1.165, 1.54) is 12.7 Å². The molecule has 3 nitrogen and oxygen atoms in total. The molecule has 0 spiro atoms. The smallest absolute Gasteiger partial charge is 0.337 e. The van der Waals surface area contributed by atoms with Gasteiger partial charge >= 0.3 is 5.97 Å². The van der Waals surface area contributed by atoms with Crippen LogP contribution in [0.1, 0.15) is 29.8 Å². The summed E-state index contributed by atoms with van der Waals surface area (Å²) >= 11 is 1.82. The molecule has 0 amide bonds. The molecule has 0 N–H and O–H groups in total. The summed E-state index contributed by atoms with van der Waals surface area (Å²) in [6.07, 6.45) is 0. The van der Waals surface area contributed by atoms with Crippen molar-refractivity contribution in [3.05, 3.63) is 35.4 Å². The molecule has 4 heteroatoms. The van der Waals surface area contributed by atoms with Gasteiger partial charge in [-0.1, -0.05) is 37.9 Å². The molecule has 2 rings (SSSR count). The summed E-state index contributed by atoms with van der Waals surface area (Å²) in [6.45, 7) is 4.95. The van der Waals surface area contributed by atoms with E-state index in [0.29, 0.717) is 5.56 Å². The maximum atomic E-state index is 11.1. The van der Waals surface area contributed by atoms with E-state index in [4.69, 9.17) is 0 Å². The highest BCUT2D eigenvalue weighted by atomic mass is 32.2. The van der Waals surface area contributed by atoms with Crippen LogP contribution in [0.25, 0.3) is 0 Å². The number of esters is 1. The number of rotatable bonds is 3. The molecule has 88 valence electrons. The molecule has 1 heterocycles. The second-order valence-electron chi connectivity index (χ2n) is 3.09. The maximum Gasteiger partial charge on any atom is 0.337 e. The topological polar surface area (TPSA) is 29.3 Å². The zero-order valence-corrected chi connectivity index (χ0v) is 10.7. The summed E-state index contributed by atoms with van der Waals surface area (Å²) in [5.74, 6) is 0.830. The molecule has 1 atom stereocenters. The van der Waals surface area contributed by atoms with E-state index in [-0.39, 0.29) is 5.97 Å². The van der Waals surface area contributed by atoms with E-state index < -0.39 is 0 Å². The molecule has 1 aliphatic rings. The van der Waals surface area contributed by atoms with Crippen molar-refractivity contribution in [1.82, 2.24) is 4.31 Å². The molecule has 1 saturated heterocycles. The minimum Gasteiger partial charge on any atom is -0.465 e. The van der Waals surface area contributed by atoms with Gasteiger partial charge in [0.2, 0.25) is 0 Å². The van der Waals surface area contributed by atoms with Crippen molar-refractivity contribution >= 4 is 17.9 Å². The van der Waals surface area contributed by atoms with Gasteiger partial charge in [-0.15, -0.1) is 0 Å². The van der Waals surface area contributed by atoms with E-state index in [1.54, 1.807) is 12.1 Å². The van der Waals surface area contributed by atoms with Crippen molar-refractivity contribution in [1.29, 1.82) is 0 Å².